The zero-order chi connectivity index (χ0) is 22.2. The number of hydrogen-bond donors (Lipinski definition) is 1. The van der Waals surface area contributed by atoms with Crippen molar-refractivity contribution in [1.29, 1.82) is 0 Å². The molecule has 1 atom stereocenters. The third-order valence-corrected chi connectivity index (χ3v) is 6.03. The number of nitrogens with one attached hydrogen (secondary N) is 1. The maximum Gasteiger partial charge on any atom is 0.277 e. The molecule has 1 unspecified atom stereocenters. The maximum atomic E-state index is 13.7. The Kier molecular flexibility index (Phi) is 5.27. The number of hydrogen-bond acceptors (Lipinski definition) is 3. The number of amides is 1. The molecule has 2 heterocycles. The summed E-state index contributed by atoms with van der Waals surface area (Å²) in [6, 6.07) is 21.0. The summed E-state index contributed by atoms with van der Waals surface area (Å²) in [7, 11) is 0. The lowest BCUT2D eigenvalue weighted by Crippen LogP contribution is -2.29. The van der Waals surface area contributed by atoms with Crippen LogP contribution >= 0.6 is 15.9 Å². The van der Waals surface area contributed by atoms with Crippen molar-refractivity contribution in [1.82, 2.24) is 10.2 Å². The van der Waals surface area contributed by atoms with Crippen LogP contribution in [-0.4, -0.2) is 22.7 Å². The molecule has 1 aliphatic heterocycles. The number of fused-ring (bicyclic) bond motifs is 1. The van der Waals surface area contributed by atoms with Crippen LogP contribution in [0.15, 0.2) is 77.3 Å². The third kappa shape index (κ3) is 3.48. The van der Waals surface area contributed by atoms with E-state index in [9.17, 15) is 9.18 Å². The van der Waals surface area contributed by atoms with Gasteiger partial charge in [-0.1, -0.05) is 28.1 Å². The van der Waals surface area contributed by atoms with E-state index in [2.05, 4.69) is 26.1 Å². The van der Waals surface area contributed by atoms with Gasteiger partial charge >= 0.3 is 0 Å². The zero-order valence-corrected chi connectivity index (χ0v) is 18.8. The largest absolute Gasteiger partial charge is 0.494 e. The van der Waals surface area contributed by atoms with Crippen LogP contribution in [0.4, 0.5) is 10.1 Å². The lowest BCUT2D eigenvalue weighted by Gasteiger charge is -2.26. The molecule has 160 valence electrons. The summed E-state index contributed by atoms with van der Waals surface area (Å²) in [5, 5.41) is 7.42. The van der Waals surface area contributed by atoms with Crippen molar-refractivity contribution in [3.63, 3.8) is 0 Å². The fourth-order valence-electron chi connectivity index (χ4n) is 4.07. The van der Waals surface area contributed by atoms with Gasteiger partial charge < -0.3 is 4.74 Å². The predicted molar refractivity (Wildman–Crippen MR) is 124 cm³/mol. The molecule has 1 N–H and O–H groups in total. The molecule has 0 saturated heterocycles. The number of anilines is 1. The fourth-order valence-corrected chi connectivity index (χ4v) is 4.34. The Labute approximate surface area is 193 Å². The van der Waals surface area contributed by atoms with Crippen molar-refractivity contribution in [3.8, 4) is 17.0 Å². The number of carbonyl (C=O) groups is 1. The van der Waals surface area contributed by atoms with Gasteiger partial charge in [0, 0.05) is 21.3 Å². The molecule has 0 spiro atoms. The second-order valence-electron chi connectivity index (χ2n) is 7.42. The van der Waals surface area contributed by atoms with Crippen LogP contribution in [0.1, 0.15) is 34.6 Å². The van der Waals surface area contributed by atoms with Crippen LogP contribution < -0.4 is 9.64 Å². The number of aromatic amines is 1. The van der Waals surface area contributed by atoms with Crippen molar-refractivity contribution < 1.29 is 13.9 Å². The number of ether oxygens (including phenoxy) is 1. The van der Waals surface area contributed by atoms with Crippen molar-refractivity contribution in [2.24, 2.45) is 0 Å². The summed E-state index contributed by atoms with van der Waals surface area (Å²) in [5.41, 5.74) is 4.30. The lowest BCUT2D eigenvalue weighted by molar-refractivity contribution is 0.0989. The minimum atomic E-state index is -0.445. The van der Waals surface area contributed by atoms with Crippen molar-refractivity contribution >= 4 is 27.5 Å². The Balaban J connectivity index is 1.66. The van der Waals surface area contributed by atoms with Crippen LogP contribution in [-0.2, 0) is 0 Å². The summed E-state index contributed by atoms with van der Waals surface area (Å²) >= 11 is 3.45. The average Bonchev–Trinajstić information content (AvgIpc) is 3.35. The second kappa shape index (κ2) is 8.24. The standard InChI is InChI=1S/C25H19BrFN3O2/c1-2-32-20-13-5-15(6-14-20)22-21-23(29-28-22)25(31)30(19-11-7-17(26)8-12-19)24(21)16-3-9-18(27)10-4-16/h3-14,24H,2H2,1H3,(H,28,29). The number of benzene rings is 3. The van der Waals surface area contributed by atoms with Gasteiger partial charge in [-0.3, -0.25) is 14.8 Å². The quantitative estimate of drug-likeness (QED) is 0.365. The first kappa shape index (κ1) is 20.5. The Morgan fingerprint density at radius 1 is 1.03 bits per heavy atom. The van der Waals surface area contributed by atoms with E-state index in [1.807, 2.05) is 55.5 Å². The first-order valence-corrected chi connectivity index (χ1v) is 11.0. The van der Waals surface area contributed by atoms with E-state index in [1.54, 1.807) is 17.0 Å². The van der Waals surface area contributed by atoms with E-state index >= 15 is 0 Å². The van der Waals surface area contributed by atoms with Gasteiger partial charge in [-0.15, -0.1) is 0 Å². The fraction of sp³-hybridized carbons (Fsp3) is 0.120. The van der Waals surface area contributed by atoms with Crippen LogP contribution in [0.5, 0.6) is 5.75 Å². The van der Waals surface area contributed by atoms with E-state index < -0.39 is 6.04 Å². The Morgan fingerprint density at radius 2 is 1.72 bits per heavy atom. The SMILES string of the molecule is CCOc1ccc(-c2n[nH]c3c2C(c2ccc(F)cc2)N(c2ccc(Br)cc2)C3=O)cc1. The molecule has 1 aromatic heterocycles. The topological polar surface area (TPSA) is 58.2 Å². The Hall–Kier alpha value is -3.45. The van der Waals surface area contributed by atoms with Gasteiger partial charge in [-0.2, -0.15) is 5.10 Å². The molecule has 0 radical (unpaired) electrons. The number of nitrogens with zero attached hydrogens (tertiary/aromatic N) is 2. The molecule has 0 saturated carbocycles. The highest BCUT2D eigenvalue weighted by Gasteiger charge is 2.43. The molecular weight excluding hydrogens is 473 g/mol. The third-order valence-electron chi connectivity index (χ3n) is 5.50. The van der Waals surface area contributed by atoms with E-state index in [0.29, 0.717) is 18.0 Å². The molecule has 32 heavy (non-hydrogen) atoms. The number of aromatic nitrogens is 2. The van der Waals surface area contributed by atoms with E-state index in [-0.39, 0.29) is 11.7 Å². The molecule has 7 heteroatoms. The second-order valence-corrected chi connectivity index (χ2v) is 8.34. The van der Waals surface area contributed by atoms with Crippen molar-refractivity contribution in [3.05, 3.63) is 99.9 Å². The molecule has 4 aromatic rings. The minimum absolute atomic E-state index is 0.179. The Morgan fingerprint density at radius 3 is 2.38 bits per heavy atom. The summed E-state index contributed by atoms with van der Waals surface area (Å²) in [6.45, 7) is 2.52. The van der Waals surface area contributed by atoms with Crippen molar-refractivity contribution in [2.45, 2.75) is 13.0 Å². The van der Waals surface area contributed by atoms with Crippen LogP contribution in [0.2, 0.25) is 0 Å². The normalized spacial score (nSPS) is 15.2. The van der Waals surface area contributed by atoms with E-state index in [1.165, 1.54) is 12.1 Å². The number of carbonyl (C=O) groups excluding carboxylic acids is 1. The van der Waals surface area contributed by atoms with Gasteiger partial charge in [0.25, 0.3) is 5.91 Å². The van der Waals surface area contributed by atoms with Gasteiger partial charge in [0.1, 0.15) is 17.3 Å². The van der Waals surface area contributed by atoms with Crippen LogP contribution in [0.25, 0.3) is 11.3 Å². The van der Waals surface area contributed by atoms with E-state index in [4.69, 9.17) is 4.74 Å². The van der Waals surface area contributed by atoms with Gasteiger partial charge in [0.05, 0.1) is 18.3 Å². The highest BCUT2D eigenvalue weighted by molar-refractivity contribution is 9.10. The molecule has 0 fully saturated rings. The van der Waals surface area contributed by atoms with Crippen LogP contribution in [0.3, 0.4) is 0 Å². The molecule has 1 aliphatic rings. The first-order valence-electron chi connectivity index (χ1n) is 10.2. The monoisotopic (exact) mass is 491 g/mol. The zero-order valence-electron chi connectivity index (χ0n) is 17.2. The van der Waals surface area contributed by atoms with Gasteiger partial charge in [-0.25, -0.2) is 4.39 Å². The number of rotatable bonds is 5. The minimum Gasteiger partial charge on any atom is -0.494 e. The van der Waals surface area contributed by atoms with Crippen LogP contribution in [0, 0.1) is 5.82 Å². The maximum absolute atomic E-state index is 13.7. The molecule has 1 amide bonds. The van der Waals surface area contributed by atoms with E-state index in [0.717, 1.165) is 32.6 Å². The summed E-state index contributed by atoms with van der Waals surface area (Å²) < 4.78 is 20.1. The summed E-state index contributed by atoms with van der Waals surface area (Å²) in [6.07, 6.45) is 0. The Bertz CT molecular complexity index is 1270. The summed E-state index contributed by atoms with van der Waals surface area (Å²) in [4.78, 5) is 15.2. The molecule has 5 rings (SSSR count). The average molecular weight is 492 g/mol. The highest BCUT2D eigenvalue weighted by atomic mass is 79.9. The molecule has 0 aliphatic carbocycles. The smallest absolute Gasteiger partial charge is 0.277 e. The van der Waals surface area contributed by atoms with Gasteiger partial charge in [0.2, 0.25) is 0 Å². The molecule has 3 aromatic carbocycles. The lowest BCUT2D eigenvalue weighted by atomic mass is 9.96. The number of H-pyrrole nitrogens is 1. The molecule has 5 nitrogen and oxygen atoms in total. The summed E-state index contributed by atoms with van der Waals surface area (Å²) in [5.74, 6) is 0.264. The van der Waals surface area contributed by atoms with Crippen molar-refractivity contribution in [2.75, 3.05) is 11.5 Å². The van der Waals surface area contributed by atoms with Gasteiger partial charge in [0.15, 0.2) is 0 Å². The predicted octanol–water partition coefficient (Wildman–Crippen LogP) is 6.13. The molecular formula is C25H19BrFN3O2. The highest BCUT2D eigenvalue weighted by Crippen LogP contribution is 2.45. The molecule has 0 bridgehead atoms. The van der Waals surface area contributed by atoms with Gasteiger partial charge in [-0.05, 0) is 73.2 Å². The number of halogens is 2. The first-order chi connectivity index (χ1) is 15.6.